The van der Waals surface area contributed by atoms with Crippen molar-refractivity contribution in [2.75, 3.05) is 0 Å². The van der Waals surface area contributed by atoms with Crippen LogP contribution in [-0.2, 0) is 0 Å². The molecule has 0 aromatic heterocycles. The molecule has 0 aliphatic heterocycles. The van der Waals surface area contributed by atoms with Crippen molar-refractivity contribution in [3.05, 3.63) is 0 Å². The third-order valence-electron chi connectivity index (χ3n) is 4.21. The standard InChI is InChI=1S/C12H25NO/c1-8(2)12(5,6)13-9-7-10(14)11(9,3)4/h8-10,13-14H,7H2,1-6H3. The van der Waals surface area contributed by atoms with Crippen molar-refractivity contribution in [3.63, 3.8) is 0 Å². The number of rotatable bonds is 3. The van der Waals surface area contributed by atoms with Crippen LogP contribution in [0.3, 0.4) is 0 Å². The van der Waals surface area contributed by atoms with Crippen LogP contribution in [0.25, 0.3) is 0 Å². The molecule has 0 heterocycles. The minimum Gasteiger partial charge on any atom is -0.392 e. The van der Waals surface area contributed by atoms with Gasteiger partial charge in [0.1, 0.15) is 0 Å². The van der Waals surface area contributed by atoms with Gasteiger partial charge >= 0.3 is 0 Å². The van der Waals surface area contributed by atoms with Gasteiger partial charge in [-0.25, -0.2) is 0 Å². The van der Waals surface area contributed by atoms with Crippen LogP contribution in [0, 0.1) is 11.3 Å². The third-order valence-corrected chi connectivity index (χ3v) is 4.21. The lowest BCUT2D eigenvalue weighted by Crippen LogP contribution is -2.65. The van der Waals surface area contributed by atoms with Crippen molar-refractivity contribution in [3.8, 4) is 0 Å². The summed E-state index contributed by atoms with van der Waals surface area (Å²) in [6, 6.07) is 0.454. The lowest BCUT2D eigenvalue weighted by molar-refractivity contribution is -0.0830. The number of hydrogen-bond donors (Lipinski definition) is 2. The molecule has 0 amide bonds. The molecule has 0 radical (unpaired) electrons. The van der Waals surface area contributed by atoms with Gasteiger partial charge in [-0.1, -0.05) is 27.7 Å². The maximum atomic E-state index is 9.64. The number of nitrogens with one attached hydrogen (secondary N) is 1. The summed E-state index contributed by atoms with van der Waals surface area (Å²) in [7, 11) is 0. The molecule has 0 aromatic rings. The Morgan fingerprint density at radius 2 is 1.86 bits per heavy atom. The molecule has 2 N–H and O–H groups in total. The zero-order chi connectivity index (χ0) is 11.1. The Morgan fingerprint density at radius 1 is 1.36 bits per heavy atom. The molecule has 0 saturated heterocycles. The van der Waals surface area contributed by atoms with Crippen molar-refractivity contribution in [1.82, 2.24) is 5.32 Å². The maximum Gasteiger partial charge on any atom is 0.0621 e. The van der Waals surface area contributed by atoms with E-state index in [1.165, 1.54) is 0 Å². The molecular weight excluding hydrogens is 174 g/mol. The molecule has 1 saturated carbocycles. The van der Waals surface area contributed by atoms with Gasteiger partial charge in [-0.15, -0.1) is 0 Å². The van der Waals surface area contributed by atoms with E-state index in [4.69, 9.17) is 0 Å². The fourth-order valence-corrected chi connectivity index (χ4v) is 1.76. The van der Waals surface area contributed by atoms with Crippen molar-refractivity contribution in [1.29, 1.82) is 0 Å². The Bertz CT molecular complexity index is 208. The SMILES string of the molecule is CC(C)C(C)(C)NC1CC(O)C1(C)C. The number of hydrogen-bond acceptors (Lipinski definition) is 2. The van der Waals surface area contributed by atoms with Crippen LogP contribution in [0.5, 0.6) is 0 Å². The Balaban J connectivity index is 2.55. The van der Waals surface area contributed by atoms with Crippen molar-refractivity contribution in [2.24, 2.45) is 11.3 Å². The highest BCUT2D eigenvalue weighted by molar-refractivity contribution is 5.04. The topological polar surface area (TPSA) is 32.3 Å². The molecule has 2 nitrogen and oxygen atoms in total. The summed E-state index contributed by atoms with van der Waals surface area (Å²) >= 11 is 0. The quantitative estimate of drug-likeness (QED) is 0.730. The Hall–Kier alpha value is -0.0800. The summed E-state index contributed by atoms with van der Waals surface area (Å²) in [5.41, 5.74) is 0.189. The van der Waals surface area contributed by atoms with E-state index in [-0.39, 0.29) is 17.1 Å². The number of aliphatic hydroxyl groups is 1. The highest BCUT2D eigenvalue weighted by Crippen LogP contribution is 2.41. The minimum atomic E-state index is -0.136. The monoisotopic (exact) mass is 199 g/mol. The van der Waals surface area contributed by atoms with E-state index in [1.54, 1.807) is 0 Å². The zero-order valence-corrected chi connectivity index (χ0v) is 10.4. The van der Waals surface area contributed by atoms with Crippen molar-refractivity contribution >= 4 is 0 Å². The van der Waals surface area contributed by atoms with E-state index in [9.17, 15) is 5.11 Å². The second kappa shape index (κ2) is 3.49. The van der Waals surface area contributed by atoms with Gasteiger partial charge in [0.25, 0.3) is 0 Å². The molecule has 1 aliphatic carbocycles. The molecule has 84 valence electrons. The molecule has 1 rings (SSSR count). The molecule has 1 aliphatic rings. The predicted molar refractivity (Wildman–Crippen MR) is 60.2 cm³/mol. The van der Waals surface area contributed by atoms with Gasteiger partial charge in [-0.2, -0.15) is 0 Å². The molecular formula is C12H25NO. The van der Waals surface area contributed by atoms with Gasteiger partial charge in [-0.3, -0.25) is 0 Å². The van der Waals surface area contributed by atoms with E-state index < -0.39 is 0 Å². The first kappa shape index (κ1) is 12.0. The summed E-state index contributed by atoms with van der Waals surface area (Å²) in [6.45, 7) is 13.2. The molecule has 0 spiro atoms. The van der Waals surface area contributed by atoms with Gasteiger partial charge in [0.05, 0.1) is 6.10 Å². The smallest absolute Gasteiger partial charge is 0.0621 e. The fourth-order valence-electron chi connectivity index (χ4n) is 1.76. The van der Waals surface area contributed by atoms with Gasteiger partial charge in [0, 0.05) is 17.0 Å². The summed E-state index contributed by atoms with van der Waals surface area (Å²) < 4.78 is 0. The van der Waals surface area contributed by atoms with Gasteiger partial charge in [0.2, 0.25) is 0 Å². The first-order chi connectivity index (χ1) is 6.18. The van der Waals surface area contributed by atoms with Crippen LogP contribution in [0.1, 0.15) is 48.0 Å². The van der Waals surface area contributed by atoms with Gasteiger partial charge in [-0.05, 0) is 26.2 Å². The van der Waals surface area contributed by atoms with Crippen molar-refractivity contribution < 1.29 is 5.11 Å². The summed E-state index contributed by atoms with van der Waals surface area (Å²) in [5.74, 6) is 0.607. The van der Waals surface area contributed by atoms with Crippen LogP contribution in [0.2, 0.25) is 0 Å². The van der Waals surface area contributed by atoms with Crippen LogP contribution in [0.15, 0.2) is 0 Å². The Kier molecular flexibility index (Phi) is 2.99. The Labute approximate surface area is 88.1 Å². The highest BCUT2D eigenvalue weighted by Gasteiger charge is 2.48. The maximum absolute atomic E-state index is 9.64. The third kappa shape index (κ3) is 1.96. The summed E-state index contributed by atoms with van der Waals surface area (Å²) in [4.78, 5) is 0. The lowest BCUT2D eigenvalue weighted by Gasteiger charge is -2.53. The fraction of sp³-hybridized carbons (Fsp3) is 1.00. The van der Waals surface area contributed by atoms with Crippen LogP contribution in [-0.4, -0.2) is 22.8 Å². The second-order valence-electron chi connectivity index (χ2n) is 6.15. The average Bonchev–Trinajstić information content (AvgIpc) is 2.03. The molecule has 1 fully saturated rings. The zero-order valence-electron chi connectivity index (χ0n) is 10.4. The molecule has 2 unspecified atom stereocenters. The van der Waals surface area contributed by atoms with E-state index in [0.717, 1.165) is 6.42 Å². The normalized spacial score (nSPS) is 31.7. The number of aliphatic hydroxyl groups excluding tert-OH is 1. The lowest BCUT2D eigenvalue weighted by atomic mass is 9.63. The van der Waals surface area contributed by atoms with E-state index in [2.05, 4.69) is 46.9 Å². The predicted octanol–water partition coefficient (Wildman–Crippen LogP) is 2.17. The minimum absolute atomic E-state index is 0.0339. The first-order valence-electron chi connectivity index (χ1n) is 5.63. The van der Waals surface area contributed by atoms with Gasteiger partial charge in [0.15, 0.2) is 0 Å². The molecule has 2 atom stereocenters. The van der Waals surface area contributed by atoms with Gasteiger partial charge < -0.3 is 10.4 Å². The highest BCUT2D eigenvalue weighted by atomic mass is 16.3. The van der Waals surface area contributed by atoms with E-state index >= 15 is 0 Å². The summed E-state index contributed by atoms with van der Waals surface area (Å²) in [5, 5.41) is 13.3. The van der Waals surface area contributed by atoms with E-state index in [1.807, 2.05) is 0 Å². The molecule has 0 bridgehead atoms. The first-order valence-corrected chi connectivity index (χ1v) is 5.63. The molecule has 0 aromatic carbocycles. The van der Waals surface area contributed by atoms with Crippen LogP contribution in [0.4, 0.5) is 0 Å². The van der Waals surface area contributed by atoms with Crippen LogP contribution >= 0.6 is 0 Å². The largest absolute Gasteiger partial charge is 0.392 e. The second-order valence-corrected chi connectivity index (χ2v) is 6.15. The molecule has 2 heteroatoms. The average molecular weight is 199 g/mol. The summed E-state index contributed by atoms with van der Waals surface area (Å²) in [6.07, 6.45) is 0.756. The van der Waals surface area contributed by atoms with Crippen molar-refractivity contribution in [2.45, 2.75) is 65.6 Å². The molecule has 14 heavy (non-hydrogen) atoms. The van der Waals surface area contributed by atoms with Crippen LogP contribution < -0.4 is 5.32 Å². The van der Waals surface area contributed by atoms with E-state index in [0.29, 0.717) is 12.0 Å². The Morgan fingerprint density at radius 3 is 2.14 bits per heavy atom.